The minimum absolute atomic E-state index is 0.114. The molecule has 2 aromatic rings. The zero-order chi connectivity index (χ0) is 20.9. The number of ether oxygens (including phenoxy) is 1. The summed E-state index contributed by atoms with van der Waals surface area (Å²) in [5, 5.41) is 2.84. The topological polar surface area (TPSA) is 75.7 Å². The number of sulfonamides is 1. The quantitative estimate of drug-likeness (QED) is 0.689. The van der Waals surface area contributed by atoms with Crippen molar-refractivity contribution in [1.29, 1.82) is 0 Å². The number of thioether (sulfide) groups is 1. The largest absolute Gasteiger partial charge is 0.496 e. The van der Waals surface area contributed by atoms with Gasteiger partial charge in [-0.3, -0.25) is 4.79 Å². The Balaban J connectivity index is 1.90. The van der Waals surface area contributed by atoms with Crippen LogP contribution in [0.5, 0.6) is 5.75 Å². The van der Waals surface area contributed by atoms with Gasteiger partial charge in [-0.25, -0.2) is 8.42 Å². The third-order valence-corrected chi connectivity index (χ3v) is 7.57. The maximum absolute atomic E-state index is 13.1. The number of hydrogen-bond acceptors (Lipinski definition) is 5. The van der Waals surface area contributed by atoms with Crippen LogP contribution in [0.1, 0.15) is 36.0 Å². The molecule has 0 aromatic heterocycles. The molecular formula is C21H26N2O4S2. The van der Waals surface area contributed by atoms with E-state index in [-0.39, 0.29) is 10.5 Å². The Bertz CT molecular complexity index is 968. The molecule has 6 nitrogen and oxygen atoms in total. The number of rotatable bonds is 6. The van der Waals surface area contributed by atoms with Gasteiger partial charge in [-0.2, -0.15) is 4.31 Å². The van der Waals surface area contributed by atoms with E-state index in [1.165, 1.54) is 29.6 Å². The summed E-state index contributed by atoms with van der Waals surface area (Å²) in [6, 6.07) is 11.9. The second-order valence-corrected chi connectivity index (χ2v) is 9.68. The van der Waals surface area contributed by atoms with Gasteiger partial charge in [-0.1, -0.05) is 18.9 Å². The van der Waals surface area contributed by atoms with Gasteiger partial charge in [0.15, 0.2) is 0 Å². The molecule has 3 rings (SSSR count). The van der Waals surface area contributed by atoms with Crippen LogP contribution in [-0.2, 0) is 10.0 Å². The number of nitrogens with zero attached hydrogens (tertiary/aromatic N) is 1. The first-order chi connectivity index (χ1) is 14.0. The Labute approximate surface area is 176 Å². The molecule has 0 unspecified atom stereocenters. The zero-order valence-electron chi connectivity index (χ0n) is 16.7. The van der Waals surface area contributed by atoms with Crippen molar-refractivity contribution >= 4 is 33.4 Å². The van der Waals surface area contributed by atoms with Crippen molar-refractivity contribution < 1.29 is 17.9 Å². The SMILES string of the molecule is COc1ccc(S(=O)(=O)N2CCCCCC2)cc1C(=O)Nc1cccc(SC)c1. The van der Waals surface area contributed by atoms with Gasteiger partial charge in [0.25, 0.3) is 5.91 Å². The van der Waals surface area contributed by atoms with E-state index in [2.05, 4.69) is 5.32 Å². The number of hydrogen-bond donors (Lipinski definition) is 1. The van der Waals surface area contributed by atoms with Crippen molar-refractivity contribution in [3.05, 3.63) is 48.0 Å². The molecule has 29 heavy (non-hydrogen) atoms. The molecule has 0 saturated carbocycles. The van der Waals surface area contributed by atoms with Crippen LogP contribution in [0.3, 0.4) is 0 Å². The lowest BCUT2D eigenvalue weighted by Gasteiger charge is -2.20. The predicted octanol–water partition coefficient (Wildman–Crippen LogP) is 4.23. The average molecular weight is 435 g/mol. The van der Waals surface area contributed by atoms with Crippen molar-refractivity contribution in [3.63, 3.8) is 0 Å². The summed E-state index contributed by atoms with van der Waals surface area (Å²) < 4.78 is 33.0. The van der Waals surface area contributed by atoms with Crippen LogP contribution in [0, 0.1) is 0 Å². The molecule has 1 heterocycles. The minimum atomic E-state index is -3.66. The van der Waals surface area contributed by atoms with E-state index in [0.29, 0.717) is 24.5 Å². The summed E-state index contributed by atoms with van der Waals surface area (Å²) in [6.45, 7) is 1.02. The van der Waals surface area contributed by atoms with Crippen LogP contribution in [-0.4, -0.2) is 45.1 Å². The Kier molecular flexibility index (Phi) is 7.21. The lowest BCUT2D eigenvalue weighted by Crippen LogP contribution is -2.32. The van der Waals surface area contributed by atoms with Crippen LogP contribution in [0.4, 0.5) is 5.69 Å². The van der Waals surface area contributed by atoms with Gasteiger partial charge in [0, 0.05) is 23.7 Å². The van der Waals surface area contributed by atoms with Gasteiger partial charge >= 0.3 is 0 Å². The fourth-order valence-electron chi connectivity index (χ4n) is 3.36. The van der Waals surface area contributed by atoms with Crippen LogP contribution in [0.15, 0.2) is 52.3 Å². The first-order valence-corrected chi connectivity index (χ1v) is 12.3. The maximum atomic E-state index is 13.1. The summed E-state index contributed by atoms with van der Waals surface area (Å²) in [5.41, 5.74) is 0.836. The van der Waals surface area contributed by atoms with Gasteiger partial charge in [0.05, 0.1) is 17.6 Å². The molecular weight excluding hydrogens is 408 g/mol. The highest BCUT2D eigenvalue weighted by Gasteiger charge is 2.27. The number of anilines is 1. The van der Waals surface area contributed by atoms with Crippen molar-refractivity contribution in [2.24, 2.45) is 0 Å². The average Bonchev–Trinajstić information content (AvgIpc) is 3.03. The first-order valence-electron chi connectivity index (χ1n) is 9.59. The van der Waals surface area contributed by atoms with E-state index in [1.807, 2.05) is 24.5 Å². The van der Waals surface area contributed by atoms with Crippen LogP contribution >= 0.6 is 11.8 Å². The van der Waals surface area contributed by atoms with E-state index < -0.39 is 15.9 Å². The Morgan fingerprint density at radius 1 is 1.07 bits per heavy atom. The smallest absolute Gasteiger partial charge is 0.259 e. The van der Waals surface area contributed by atoms with Gasteiger partial charge in [-0.15, -0.1) is 11.8 Å². The predicted molar refractivity (Wildman–Crippen MR) is 116 cm³/mol. The van der Waals surface area contributed by atoms with Gasteiger partial charge in [0.1, 0.15) is 5.75 Å². The summed E-state index contributed by atoms with van der Waals surface area (Å²) in [6.07, 6.45) is 5.75. The summed E-state index contributed by atoms with van der Waals surface area (Å²) in [7, 11) is -2.19. The van der Waals surface area contributed by atoms with Gasteiger partial charge in [0.2, 0.25) is 10.0 Å². The molecule has 1 fully saturated rings. The van der Waals surface area contributed by atoms with E-state index in [9.17, 15) is 13.2 Å². The highest BCUT2D eigenvalue weighted by Crippen LogP contribution is 2.27. The molecule has 0 aliphatic carbocycles. The Morgan fingerprint density at radius 2 is 1.79 bits per heavy atom. The molecule has 0 bridgehead atoms. The molecule has 1 aliphatic heterocycles. The fraction of sp³-hybridized carbons (Fsp3) is 0.381. The van der Waals surface area contributed by atoms with Crippen molar-refractivity contribution in [3.8, 4) is 5.75 Å². The summed E-state index contributed by atoms with van der Waals surface area (Å²) in [5.74, 6) is -0.0774. The summed E-state index contributed by atoms with van der Waals surface area (Å²) >= 11 is 1.58. The zero-order valence-corrected chi connectivity index (χ0v) is 18.3. The van der Waals surface area contributed by atoms with Gasteiger partial charge in [-0.05, 0) is 55.5 Å². The highest BCUT2D eigenvalue weighted by atomic mass is 32.2. The fourth-order valence-corrected chi connectivity index (χ4v) is 5.36. The summed E-state index contributed by atoms with van der Waals surface area (Å²) in [4.78, 5) is 14.0. The molecule has 0 atom stereocenters. The first kappa shape index (κ1) is 21.7. The number of methoxy groups -OCH3 is 1. The molecule has 156 valence electrons. The normalized spacial score (nSPS) is 15.5. The van der Waals surface area contributed by atoms with Crippen LogP contribution in [0.2, 0.25) is 0 Å². The second-order valence-electron chi connectivity index (χ2n) is 6.87. The van der Waals surface area contributed by atoms with Crippen LogP contribution < -0.4 is 10.1 Å². The van der Waals surface area contributed by atoms with Crippen molar-refractivity contribution in [2.45, 2.75) is 35.5 Å². The third-order valence-electron chi connectivity index (χ3n) is 4.95. The van der Waals surface area contributed by atoms with E-state index in [4.69, 9.17) is 4.74 Å². The molecule has 1 saturated heterocycles. The Hall–Kier alpha value is -2.03. The molecule has 8 heteroatoms. The van der Waals surface area contributed by atoms with Crippen molar-refractivity contribution in [2.75, 3.05) is 31.8 Å². The lowest BCUT2D eigenvalue weighted by molar-refractivity contribution is 0.102. The molecule has 2 aromatic carbocycles. The molecule has 0 spiro atoms. The highest BCUT2D eigenvalue weighted by molar-refractivity contribution is 7.98. The maximum Gasteiger partial charge on any atom is 0.259 e. The minimum Gasteiger partial charge on any atom is -0.496 e. The van der Waals surface area contributed by atoms with E-state index in [1.54, 1.807) is 17.8 Å². The monoisotopic (exact) mass is 434 g/mol. The number of carbonyl (C=O) groups is 1. The number of amides is 1. The lowest BCUT2D eigenvalue weighted by atomic mass is 10.2. The standard InChI is InChI=1S/C21H26N2O4S2/c1-27-20-11-10-18(29(25,26)23-12-5-3-4-6-13-23)15-19(20)21(24)22-16-8-7-9-17(14-16)28-2/h7-11,14-15H,3-6,12-13H2,1-2H3,(H,22,24). The Morgan fingerprint density at radius 3 is 2.45 bits per heavy atom. The third kappa shape index (κ3) is 5.12. The molecule has 1 aliphatic rings. The second kappa shape index (κ2) is 9.65. The number of benzene rings is 2. The van der Waals surface area contributed by atoms with E-state index >= 15 is 0 Å². The van der Waals surface area contributed by atoms with Crippen LogP contribution in [0.25, 0.3) is 0 Å². The molecule has 1 N–H and O–H groups in total. The molecule has 0 radical (unpaired) electrons. The van der Waals surface area contributed by atoms with Gasteiger partial charge < -0.3 is 10.1 Å². The number of nitrogens with one attached hydrogen (secondary N) is 1. The van der Waals surface area contributed by atoms with E-state index in [0.717, 1.165) is 30.6 Å². The molecule has 1 amide bonds. The number of carbonyl (C=O) groups excluding carboxylic acids is 1. The van der Waals surface area contributed by atoms with Crippen molar-refractivity contribution in [1.82, 2.24) is 4.31 Å².